The Balaban J connectivity index is 1.48. The van der Waals surface area contributed by atoms with Crippen molar-refractivity contribution in [2.24, 2.45) is 0 Å². The van der Waals surface area contributed by atoms with E-state index in [2.05, 4.69) is 14.9 Å². The molecule has 0 amide bonds. The average molecular weight is 363 g/mol. The summed E-state index contributed by atoms with van der Waals surface area (Å²) in [6.45, 7) is 2.20. The van der Waals surface area contributed by atoms with Gasteiger partial charge < -0.3 is 9.84 Å². The zero-order valence-corrected chi connectivity index (χ0v) is 13.8. The Morgan fingerprint density at radius 1 is 1.27 bits per heavy atom. The van der Waals surface area contributed by atoms with Crippen LogP contribution in [0.25, 0.3) is 6.08 Å². The van der Waals surface area contributed by atoms with E-state index in [1.54, 1.807) is 18.2 Å². The summed E-state index contributed by atoms with van der Waals surface area (Å²) in [5, 5.41) is 9.60. The molecule has 0 radical (unpaired) electrons. The zero-order chi connectivity index (χ0) is 18.3. The molecule has 0 spiro atoms. The van der Waals surface area contributed by atoms with Gasteiger partial charge in [0, 0.05) is 43.4 Å². The average Bonchev–Trinajstić information content (AvgIpc) is 2.60. The maximum Gasteiger partial charge on any atom is 0.451 e. The number of aromatic hydroxyl groups is 1. The smallest absolute Gasteiger partial charge is 0.451 e. The van der Waals surface area contributed by atoms with Crippen LogP contribution in [0.5, 0.6) is 11.5 Å². The summed E-state index contributed by atoms with van der Waals surface area (Å²) < 4.78 is 43.9. The number of aromatic nitrogens is 2. The van der Waals surface area contributed by atoms with Gasteiger partial charge in [-0.2, -0.15) is 13.2 Å². The van der Waals surface area contributed by atoms with E-state index in [0.29, 0.717) is 38.4 Å². The molecule has 5 nitrogen and oxygen atoms in total. The molecule has 2 aliphatic rings. The number of benzene rings is 1. The first kappa shape index (κ1) is 16.8. The van der Waals surface area contributed by atoms with E-state index in [-0.39, 0.29) is 5.75 Å². The van der Waals surface area contributed by atoms with Gasteiger partial charge >= 0.3 is 6.18 Å². The van der Waals surface area contributed by atoms with Crippen molar-refractivity contribution >= 4 is 6.08 Å². The summed E-state index contributed by atoms with van der Waals surface area (Å²) in [6.07, 6.45) is -0.810. The summed E-state index contributed by atoms with van der Waals surface area (Å²) in [7, 11) is 0. The van der Waals surface area contributed by atoms with Gasteiger partial charge in [-0.1, -0.05) is 0 Å². The number of alkyl halides is 3. The van der Waals surface area contributed by atoms with Crippen LogP contribution in [-0.4, -0.2) is 39.7 Å². The van der Waals surface area contributed by atoms with Crippen LogP contribution in [0, 0.1) is 0 Å². The molecular formula is C18H16F3N3O2. The molecule has 0 saturated carbocycles. The topological polar surface area (TPSA) is 58.5 Å². The van der Waals surface area contributed by atoms with E-state index in [4.69, 9.17) is 4.74 Å². The number of halogens is 3. The molecule has 3 heterocycles. The minimum Gasteiger partial charge on any atom is -0.508 e. The lowest BCUT2D eigenvalue weighted by Gasteiger charge is -2.30. The van der Waals surface area contributed by atoms with Crippen LogP contribution in [0.2, 0.25) is 0 Å². The molecule has 0 unspecified atom stereocenters. The van der Waals surface area contributed by atoms with Crippen LogP contribution in [0.15, 0.2) is 30.0 Å². The normalized spacial score (nSPS) is 17.1. The van der Waals surface area contributed by atoms with Crippen molar-refractivity contribution in [2.75, 3.05) is 19.7 Å². The van der Waals surface area contributed by atoms with Gasteiger partial charge in [0.2, 0.25) is 5.82 Å². The van der Waals surface area contributed by atoms with Gasteiger partial charge in [-0.15, -0.1) is 0 Å². The predicted octanol–water partition coefficient (Wildman–Crippen LogP) is 3.04. The van der Waals surface area contributed by atoms with Gasteiger partial charge in [0.25, 0.3) is 0 Å². The highest BCUT2D eigenvalue weighted by Gasteiger charge is 2.35. The Morgan fingerprint density at radius 2 is 2.12 bits per heavy atom. The number of phenolic OH excluding ortho intramolecular Hbond substituents is 1. The molecule has 0 aliphatic carbocycles. The Hall–Kier alpha value is -2.61. The largest absolute Gasteiger partial charge is 0.508 e. The van der Waals surface area contributed by atoms with Crippen molar-refractivity contribution in [1.29, 1.82) is 0 Å². The van der Waals surface area contributed by atoms with Crippen LogP contribution in [0.3, 0.4) is 0 Å². The molecule has 0 atom stereocenters. The molecule has 4 rings (SSSR count). The predicted molar refractivity (Wildman–Crippen MR) is 87.6 cm³/mol. The second-order valence-corrected chi connectivity index (χ2v) is 6.44. The number of fused-ring (bicyclic) bond motifs is 2. The van der Waals surface area contributed by atoms with E-state index >= 15 is 0 Å². The third-order valence-electron chi connectivity index (χ3n) is 4.46. The molecule has 1 N–H and O–H groups in total. The van der Waals surface area contributed by atoms with Crippen molar-refractivity contribution in [3.05, 3.63) is 52.6 Å². The second-order valence-electron chi connectivity index (χ2n) is 6.44. The van der Waals surface area contributed by atoms with Gasteiger partial charge in [-0.25, -0.2) is 9.97 Å². The van der Waals surface area contributed by atoms with E-state index in [9.17, 15) is 18.3 Å². The Morgan fingerprint density at radius 3 is 2.92 bits per heavy atom. The number of rotatable bonds is 2. The Labute approximate surface area is 147 Å². The van der Waals surface area contributed by atoms with Crippen molar-refractivity contribution in [2.45, 2.75) is 19.1 Å². The molecule has 136 valence electrons. The molecule has 0 bridgehead atoms. The third kappa shape index (κ3) is 3.37. The lowest BCUT2D eigenvalue weighted by molar-refractivity contribution is -0.145. The molecule has 2 aliphatic heterocycles. The first-order valence-electron chi connectivity index (χ1n) is 8.18. The SMILES string of the molecule is Oc1ccc2c(c1)C=C(CN1CCc3nc(C(F)(F)F)ncc3C1)CO2. The quantitative estimate of drug-likeness (QED) is 0.889. The van der Waals surface area contributed by atoms with Crippen LogP contribution < -0.4 is 4.74 Å². The van der Waals surface area contributed by atoms with Gasteiger partial charge in [0.1, 0.15) is 18.1 Å². The molecule has 1 aromatic carbocycles. The number of nitrogens with zero attached hydrogens (tertiary/aromatic N) is 3. The minimum absolute atomic E-state index is 0.175. The summed E-state index contributed by atoms with van der Waals surface area (Å²) in [6, 6.07) is 4.95. The summed E-state index contributed by atoms with van der Waals surface area (Å²) in [4.78, 5) is 9.26. The zero-order valence-electron chi connectivity index (χ0n) is 13.8. The molecule has 2 aromatic rings. The second kappa shape index (κ2) is 6.28. The van der Waals surface area contributed by atoms with E-state index < -0.39 is 12.0 Å². The van der Waals surface area contributed by atoms with E-state index in [1.165, 1.54) is 6.20 Å². The fraction of sp³-hybridized carbons (Fsp3) is 0.333. The first-order chi connectivity index (χ1) is 12.4. The lowest BCUT2D eigenvalue weighted by atomic mass is 10.0. The maximum atomic E-state index is 12.7. The van der Waals surface area contributed by atoms with Crippen LogP contribution in [0.4, 0.5) is 13.2 Å². The van der Waals surface area contributed by atoms with E-state index in [0.717, 1.165) is 22.4 Å². The van der Waals surface area contributed by atoms with E-state index in [1.807, 2.05) is 6.08 Å². The van der Waals surface area contributed by atoms with Gasteiger partial charge in [-0.3, -0.25) is 4.90 Å². The third-order valence-corrected chi connectivity index (χ3v) is 4.46. The van der Waals surface area contributed by atoms with Gasteiger partial charge in [0.05, 0.1) is 5.69 Å². The number of ether oxygens (including phenoxy) is 1. The highest BCUT2D eigenvalue weighted by molar-refractivity contribution is 5.64. The molecule has 1 aromatic heterocycles. The van der Waals surface area contributed by atoms with Crippen molar-refractivity contribution in [3.8, 4) is 11.5 Å². The standard InChI is InChI=1S/C18H16F3N3O2/c19-18(20,21)17-22-7-13-9-24(4-3-15(13)23-17)8-11-5-12-6-14(25)1-2-16(12)26-10-11/h1-2,5-7,25H,3-4,8-10H2. The molecule has 8 heteroatoms. The summed E-state index contributed by atoms with van der Waals surface area (Å²) in [5.41, 5.74) is 3.05. The fourth-order valence-electron chi connectivity index (χ4n) is 3.24. The van der Waals surface area contributed by atoms with Crippen LogP contribution >= 0.6 is 0 Å². The van der Waals surface area contributed by atoms with Crippen LogP contribution in [0.1, 0.15) is 22.6 Å². The van der Waals surface area contributed by atoms with Crippen molar-refractivity contribution in [3.63, 3.8) is 0 Å². The lowest BCUT2D eigenvalue weighted by Crippen LogP contribution is -2.34. The van der Waals surface area contributed by atoms with Crippen molar-refractivity contribution in [1.82, 2.24) is 14.9 Å². The Kier molecular flexibility index (Phi) is 4.07. The molecule has 26 heavy (non-hydrogen) atoms. The number of hydrogen-bond acceptors (Lipinski definition) is 5. The molecule has 0 fully saturated rings. The van der Waals surface area contributed by atoms with Crippen molar-refractivity contribution < 1.29 is 23.0 Å². The van der Waals surface area contributed by atoms with Crippen LogP contribution in [-0.2, 0) is 19.1 Å². The summed E-state index contributed by atoms with van der Waals surface area (Å²) >= 11 is 0. The van der Waals surface area contributed by atoms with Gasteiger partial charge in [-0.05, 0) is 29.8 Å². The van der Waals surface area contributed by atoms with Gasteiger partial charge in [0.15, 0.2) is 0 Å². The number of hydrogen-bond donors (Lipinski definition) is 1. The Bertz CT molecular complexity index is 880. The first-order valence-corrected chi connectivity index (χ1v) is 8.18. The highest BCUT2D eigenvalue weighted by Crippen LogP contribution is 2.31. The molecule has 0 saturated heterocycles. The maximum absolute atomic E-state index is 12.7. The molecular weight excluding hydrogens is 347 g/mol. The number of phenols is 1. The highest BCUT2D eigenvalue weighted by atomic mass is 19.4. The minimum atomic E-state index is -4.52. The monoisotopic (exact) mass is 363 g/mol. The fourth-order valence-corrected chi connectivity index (χ4v) is 3.24. The summed E-state index contributed by atoms with van der Waals surface area (Å²) in [5.74, 6) is -0.178.